The van der Waals surface area contributed by atoms with Gasteiger partial charge in [-0.3, -0.25) is 0 Å². The number of nitrogens with two attached hydrogens (primary N) is 1. The number of aryl methyl sites for hydroxylation is 2. The predicted molar refractivity (Wildman–Crippen MR) is 79.1 cm³/mol. The summed E-state index contributed by atoms with van der Waals surface area (Å²) in [6.07, 6.45) is 0.788. The van der Waals surface area contributed by atoms with Crippen molar-refractivity contribution in [1.29, 1.82) is 0 Å². The van der Waals surface area contributed by atoms with E-state index in [1.165, 1.54) is 11.1 Å². The van der Waals surface area contributed by atoms with Crippen LogP contribution < -0.4 is 10.6 Å². The summed E-state index contributed by atoms with van der Waals surface area (Å²) in [5, 5.41) is 0. The van der Waals surface area contributed by atoms with E-state index in [0.717, 1.165) is 24.6 Å². The smallest absolute Gasteiger partial charge is 0.134 e. The second kappa shape index (κ2) is 5.69. The highest BCUT2D eigenvalue weighted by molar-refractivity contribution is 5.47. The highest BCUT2D eigenvalue weighted by Gasteiger charge is 2.07. The van der Waals surface area contributed by atoms with Gasteiger partial charge in [0.1, 0.15) is 17.5 Å². The molecule has 0 radical (unpaired) electrons. The number of nitrogen functional groups attached to an aromatic ring is 1. The molecule has 2 N–H and O–H groups in total. The molecule has 1 heterocycles. The number of rotatable bonds is 4. The van der Waals surface area contributed by atoms with Gasteiger partial charge in [-0.25, -0.2) is 9.97 Å². The lowest BCUT2D eigenvalue weighted by Gasteiger charge is -2.19. The quantitative estimate of drug-likeness (QED) is 0.913. The van der Waals surface area contributed by atoms with Crippen molar-refractivity contribution in [3.05, 3.63) is 47.3 Å². The van der Waals surface area contributed by atoms with Crippen LogP contribution in [0.15, 0.2) is 30.3 Å². The van der Waals surface area contributed by atoms with Gasteiger partial charge in [0.15, 0.2) is 0 Å². The number of benzene rings is 1. The van der Waals surface area contributed by atoms with Crippen LogP contribution in [0.2, 0.25) is 0 Å². The van der Waals surface area contributed by atoms with Gasteiger partial charge >= 0.3 is 0 Å². The molecule has 0 atom stereocenters. The Morgan fingerprint density at radius 3 is 2.47 bits per heavy atom. The van der Waals surface area contributed by atoms with E-state index in [1.807, 2.05) is 20.0 Å². The molecule has 0 aliphatic rings. The summed E-state index contributed by atoms with van der Waals surface area (Å²) in [5.41, 5.74) is 8.33. The van der Waals surface area contributed by atoms with Crippen LogP contribution in [0.3, 0.4) is 0 Å². The molecule has 100 valence electrons. The van der Waals surface area contributed by atoms with Crippen molar-refractivity contribution in [2.45, 2.75) is 26.8 Å². The minimum Gasteiger partial charge on any atom is -0.384 e. The summed E-state index contributed by atoms with van der Waals surface area (Å²) in [6, 6.07) is 10.3. The first-order valence-electron chi connectivity index (χ1n) is 6.48. The summed E-state index contributed by atoms with van der Waals surface area (Å²) < 4.78 is 0. The first-order valence-corrected chi connectivity index (χ1v) is 6.48. The molecule has 4 nitrogen and oxygen atoms in total. The van der Waals surface area contributed by atoms with E-state index < -0.39 is 0 Å². The molecule has 2 aromatic rings. The molecule has 1 aromatic heterocycles. The predicted octanol–water partition coefficient (Wildman–Crippen LogP) is 2.57. The van der Waals surface area contributed by atoms with Gasteiger partial charge in [0.05, 0.1) is 0 Å². The van der Waals surface area contributed by atoms with Gasteiger partial charge in [-0.15, -0.1) is 0 Å². The maximum absolute atomic E-state index is 5.81. The second-order valence-corrected chi connectivity index (χ2v) is 4.76. The molecule has 0 saturated heterocycles. The van der Waals surface area contributed by atoms with Crippen molar-refractivity contribution in [3.8, 4) is 0 Å². The lowest BCUT2D eigenvalue weighted by atomic mass is 10.1. The Bertz CT molecular complexity index is 549. The van der Waals surface area contributed by atoms with Crippen LogP contribution in [-0.4, -0.2) is 17.0 Å². The average molecular weight is 256 g/mol. The highest BCUT2D eigenvalue weighted by atomic mass is 15.2. The molecule has 0 unspecified atom stereocenters. The summed E-state index contributed by atoms with van der Waals surface area (Å²) in [7, 11) is 2.01. The van der Waals surface area contributed by atoms with E-state index in [2.05, 4.69) is 46.1 Å². The van der Waals surface area contributed by atoms with Crippen LogP contribution in [-0.2, 0) is 13.0 Å². The van der Waals surface area contributed by atoms with Gasteiger partial charge in [-0.1, -0.05) is 36.8 Å². The minimum atomic E-state index is 0.526. The fourth-order valence-electron chi connectivity index (χ4n) is 1.91. The lowest BCUT2D eigenvalue weighted by molar-refractivity contribution is 0.861. The Morgan fingerprint density at radius 2 is 1.84 bits per heavy atom. The average Bonchev–Trinajstić information content (AvgIpc) is 2.40. The van der Waals surface area contributed by atoms with Gasteiger partial charge in [0, 0.05) is 26.1 Å². The molecular weight excluding hydrogens is 236 g/mol. The third kappa shape index (κ3) is 3.44. The maximum Gasteiger partial charge on any atom is 0.134 e. The van der Waals surface area contributed by atoms with Crippen molar-refractivity contribution >= 4 is 11.6 Å². The summed E-state index contributed by atoms with van der Waals surface area (Å²) in [5.74, 6) is 2.17. The molecule has 0 aliphatic heterocycles. The van der Waals surface area contributed by atoms with Crippen LogP contribution in [0.4, 0.5) is 11.6 Å². The molecular formula is C15H20N4. The second-order valence-electron chi connectivity index (χ2n) is 4.76. The van der Waals surface area contributed by atoms with Crippen molar-refractivity contribution in [2.75, 3.05) is 17.7 Å². The third-order valence-corrected chi connectivity index (χ3v) is 3.03. The van der Waals surface area contributed by atoms with Crippen molar-refractivity contribution in [3.63, 3.8) is 0 Å². The topological polar surface area (TPSA) is 55.0 Å². The van der Waals surface area contributed by atoms with Gasteiger partial charge in [0.25, 0.3) is 0 Å². The molecule has 19 heavy (non-hydrogen) atoms. The van der Waals surface area contributed by atoms with Gasteiger partial charge in [-0.05, 0) is 12.5 Å². The maximum atomic E-state index is 5.81. The Labute approximate surface area is 114 Å². The first-order chi connectivity index (χ1) is 9.08. The standard InChI is InChI=1S/C15H20N4/c1-4-14-17-13(16)9-15(18-14)19(3)10-12-7-5-11(2)6-8-12/h5-9H,4,10H2,1-3H3,(H2,16,17,18). The van der Waals surface area contributed by atoms with Crippen molar-refractivity contribution in [2.24, 2.45) is 0 Å². The van der Waals surface area contributed by atoms with E-state index in [1.54, 1.807) is 0 Å². The fraction of sp³-hybridized carbons (Fsp3) is 0.333. The van der Waals surface area contributed by atoms with Crippen LogP contribution >= 0.6 is 0 Å². The number of anilines is 2. The molecule has 0 fully saturated rings. The van der Waals surface area contributed by atoms with Crippen LogP contribution in [0.25, 0.3) is 0 Å². The fourth-order valence-corrected chi connectivity index (χ4v) is 1.91. The lowest BCUT2D eigenvalue weighted by Crippen LogP contribution is -2.19. The van der Waals surface area contributed by atoms with Gasteiger partial charge < -0.3 is 10.6 Å². The van der Waals surface area contributed by atoms with E-state index in [9.17, 15) is 0 Å². The SMILES string of the molecule is CCc1nc(N)cc(N(C)Cc2ccc(C)cc2)n1. The monoisotopic (exact) mass is 256 g/mol. The molecule has 4 heteroatoms. The molecule has 0 amide bonds. The minimum absolute atomic E-state index is 0.526. The zero-order chi connectivity index (χ0) is 13.8. The molecule has 0 spiro atoms. The van der Waals surface area contributed by atoms with Crippen molar-refractivity contribution in [1.82, 2.24) is 9.97 Å². The van der Waals surface area contributed by atoms with E-state index in [0.29, 0.717) is 5.82 Å². The van der Waals surface area contributed by atoms with E-state index in [4.69, 9.17) is 5.73 Å². The summed E-state index contributed by atoms with van der Waals surface area (Å²) in [4.78, 5) is 10.8. The Kier molecular flexibility index (Phi) is 4.00. The van der Waals surface area contributed by atoms with Crippen LogP contribution in [0, 0.1) is 6.92 Å². The molecule has 0 saturated carbocycles. The van der Waals surface area contributed by atoms with Crippen LogP contribution in [0.1, 0.15) is 23.9 Å². The number of aromatic nitrogens is 2. The Balaban J connectivity index is 2.17. The van der Waals surface area contributed by atoms with Gasteiger partial charge in [0.2, 0.25) is 0 Å². The van der Waals surface area contributed by atoms with Crippen molar-refractivity contribution < 1.29 is 0 Å². The highest BCUT2D eigenvalue weighted by Crippen LogP contribution is 2.16. The first kappa shape index (κ1) is 13.3. The molecule has 0 aliphatic carbocycles. The third-order valence-electron chi connectivity index (χ3n) is 3.03. The molecule has 1 aromatic carbocycles. The Hall–Kier alpha value is -2.10. The zero-order valence-electron chi connectivity index (χ0n) is 11.7. The molecule has 2 rings (SSSR count). The zero-order valence-corrected chi connectivity index (χ0v) is 11.7. The van der Waals surface area contributed by atoms with E-state index in [-0.39, 0.29) is 0 Å². The number of hydrogen-bond donors (Lipinski definition) is 1. The summed E-state index contributed by atoms with van der Waals surface area (Å²) >= 11 is 0. The number of hydrogen-bond acceptors (Lipinski definition) is 4. The molecule has 0 bridgehead atoms. The Morgan fingerprint density at radius 1 is 1.16 bits per heavy atom. The van der Waals surface area contributed by atoms with Crippen LogP contribution in [0.5, 0.6) is 0 Å². The summed E-state index contributed by atoms with van der Waals surface area (Å²) in [6.45, 7) is 4.92. The largest absolute Gasteiger partial charge is 0.384 e. The van der Waals surface area contributed by atoms with Gasteiger partial charge in [-0.2, -0.15) is 0 Å². The normalized spacial score (nSPS) is 10.5. The number of nitrogens with zero attached hydrogens (tertiary/aromatic N) is 3. The van der Waals surface area contributed by atoms with E-state index >= 15 is 0 Å².